The lowest BCUT2D eigenvalue weighted by Gasteiger charge is -2.37. The van der Waals surface area contributed by atoms with Crippen molar-refractivity contribution in [1.82, 2.24) is 4.90 Å². The molecular weight excluding hydrogens is 310 g/mol. The lowest BCUT2D eigenvalue weighted by atomic mass is 10.1. The summed E-state index contributed by atoms with van der Waals surface area (Å²) in [5, 5.41) is 0. The summed E-state index contributed by atoms with van der Waals surface area (Å²) in [6, 6.07) is 16.3. The van der Waals surface area contributed by atoms with E-state index in [4.69, 9.17) is 0 Å². The lowest BCUT2D eigenvalue weighted by molar-refractivity contribution is -0.119. The third-order valence-corrected chi connectivity index (χ3v) is 5.17. The molecule has 0 aliphatic carbocycles. The van der Waals surface area contributed by atoms with E-state index in [-0.39, 0.29) is 5.91 Å². The zero-order valence-corrected chi connectivity index (χ0v) is 15.4. The molecule has 0 N–H and O–H groups in total. The number of anilines is 2. The Bertz CT molecular complexity index is 721. The first kappa shape index (κ1) is 17.5. The quantitative estimate of drug-likeness (QED) is 0.858. The fourth-order valence-electron chi connectivity index (χ4n) is 3.32. The van der Waals surface area contributed by atoms with Crippen molar-refractivity contribution in [3.8, 4) is 0 Å². The first-order valence-corrected chi connectivity index (χ1v) is 8.91. The Morgan fingerprint density at radius 3 is 2.32 bits per heavy atom. The molecule has 2 aromatic rings. The van der Waals surface area contributed by atoms with Crippen LogP contribution in [0.25, 0.3) is 0 Å². The van der Waals surface area contributed by atoms with Crippen LogP contribution in [0.1, 0.15) is 11.1 Å². The molecular formula is C21H27N3O. The lowest BCUT2D eigenvalue weighted by Crippen LogP contribution is -2.50. The summed E-state index contributed by atoms with van der Waals surface area (Å²) in [6.45, 7) is 8.59. The van der Waals surface area contributed by atoms with Gasteiger partial charge in [-0.2, -0.15) is 0 Å². The van der Waals surface area contributed by atoms with Crippen molar-refractivity contribution in [3.63, 3.8) is 0 Å². The number of nitrogens with zero attached hydrogens (tertiary/aromatic N) is 3. The number of carbonyl (C=O) groups excluding carboxylic acids is 1. The maximum atomic E-state index is 12.5. The molecule has 3 rings (SSSR count). The maximum absolute atomic E-state index is 12.5. The second-order valence-corrected chi connectivity index (χ2v) is 6.77. The minimum absolute atomic E-state index is 0.145. The highest BCUT2D eigenvalue weighted by Gasteiger charge is 2.22. The number of para-hydroxylation sites is 1. The molecule has 1 heterocycles. The molecule has 25 heavy (non-hydrogen) atoms. The number of hydrogen-bond acceptors (Lipinski definition) is 3. The molecule has 1 amide bonds. The second-order valence-electron chi connectivity index (χ2n) is 6.77. The van der Waals surface area contributed by atoms with E-state index in [1.54, 1.807) is 4.90 Å². The number of carbonyl (C=O) groups is 1. The maximum Gasteiger partial charge on any atom is 0.240 e. The van der Waals surface area contributed by atoms with E-state index in [1.807, 2.05) is 37.4 Å². The highest BCUT2D eigenvalue weighted by molar-refractivity contribution is 5.94. The van der Waals surface area contributed by atoms with Crippen molar-refractivity contribution < 1.29 is 4.79 Å². The summed E-state index contributed by atoms with van der Waals surface area (Å²) >= 11 is 0. The molecule has 0 spiro atoms. The van der Waals surface area contributed by atoms with Gasteiger partial charge in [-0.3, -0.25) is 9.69 Å². The van der Waals surface area contributed by atoms with Gasteiger partial charge in [-0.25, -0.2) is 0 Å². The summed E-state index contributed by atoms with van der Waals surface area (Å²) < 4.78 is 0. The number of benzene rings is 2. The first-order chi connectivity index (χ1) is 12.1. The normalized spacial score (nSPS) is 15.2. The molecule has 1 saturated heterocycles. The van der Waals surface area contributed by atoms with Crippen molar-refractivity contribution in [2.45, 2.75) is 13.8 Å². The van der Waals surface area contributed by atoms with Gasteiger partial charge >= 0.3 is 0 Å². The van der Waals surface area contributed by atoms with Gasteiger partial charge in [0.15, 0.2) is 0 Å². The SMILES string of the molecule is Cc1cccc(N2CCN(CC(=O)N(C)c3ccccc3)CC2)c1C. The van der Waals surface area contributed by atoms with Gasteiger partial charge in [0.2, 0.25) is 5.91 Å². The molecule has 1 fully saturated rings. The van der Waals surface area contributed by atoms with E-state index in [2.05, 4.69) is 41.8 Å². The van der Waals surface area contributed by atoms with E-state index in [0.29, 0.717) is 6.54 Å². The molecule has 4 nitrogen and oxygen atoms in total. The molecule has 0 unspecified atom stereocenters. The average molecular weight is 337 g/mol. The van der Waals surface area contributed by atoms with E-state index in [0.717, 1.165) is 31.9 Å². The van der Waals surface area contributed by atoms with Crippen molar-refractivity contribution in [2.75, 3.05) is 49.6 Å². The standard InChI is InChI=1S/C21H27N3O/c1-17-8-7-11-20(18(17)2)24-14-12-23(13-15-24)16-21(25)22(3)19-9-5-4-6-10-19/h4-11H,12-16H2,1-3H3. The van der Waals surface area contributed by atoms with E-state index < -0.39 is 0 Å². The first-order valence-electron chi connectivity index (χ1n) is 8.91. The Hall–Kier alpha value is -2.33. The fraction of sp³-hybridized carbons (Fsp3) is 0.381. The van der Waals surface area contributed by atoms with Crippen molar-refractivity contribution in [1.29, 1.82) is 0 Å². The molecule has 0 aromatic heterocycles. The molecule has 4 heteroatoms. The highest BCUT2D eigenvalue weighted by Crippen LogP contribution is 2.24. The van der Waals surface area contributed by atoms with Crippen molar-refractivity contribution in [3.05, 3.63) is 59.7 Å². The zero-order chi connectivity index (χ0) is 17.8. The van der Waals surface area contributed by atoms with Crippen molar-refractivity contribution in [2.24, 2.45) is 0 Å². The van der Waals surface area contributed by atoms with Gasteiger partial charge in [0.1, 0.15) is 0 Å². The Morgan fingerprint density at radius 1 is 0.960 bits per heavy atom. The number of hydrogen-bond donors (Lipinski definition) is 0. The monoisotopic (exact) mass is 337 g/mol. The van der Waals surface area contributed by atoms with Crippen LogP contribution in [0, 0.1) is 13.8 Å². The molecule has 132 valence electrons. The smallest absolute Gasteiger partial charge is 0.240 e. The molecule has 1 aliphatic heterocycles. The molecule has 1 aliphatic rings. The van der Waals surface area contributed by atoms with Crippen LogP contribution in [0.3, 0.4) is 0 Å². The number of rotatable bonds is 4. The van der Waals surface area contributed by atoms with Crippen LogP contribution >= 0.6 is 0 Å². The second kappa shape index (κ2) is 7.70. The predicted molar refractivity (Wildman–Crippen MR) is 104 cm³/mol. The van der Waals surface area contributed by atoms with Crippen LogP contribution in [0.15, 0.2) is 48.5 Å². The summed E-state index contributed by atoms with van der Waals surface area (Å²) in [7, 11) is 1.85. The number of amides is 1. The Kier molecular flexibility index (Phi) is 5.39. The highest BCUT2D eigenvalue weighted by atomic mass is 16.2. The summed E-state index contributed by atoms with van der Waals surface area (Å²) in [5.41, 5.74) is 4.96. The summed E-state index contributed by atoms with van der Waals surface area (Å²) in [6.07, 6.45) is 0. The van der Waals surface area contributed by atoms with E-state index >= 15 is 0 Å². The molecule has 0 atom stereocenters. The van der Waals surface area contributed by atoms with Gasteiger partial charge in [0.25, 0.3) is 0 Å². The Morgan fingerprint density at radius 2 is 1.64 bits per heavy atom. The van der Waals surface area contributed by atoms with Gasteiger partial charge in [0.05, 0.1) is 6.54 Å². The summed E-state index contributed by atoms with van der Waals surface area (Å²) in [4.78, 5) is 19.0. The zero-order valence-electron chi connectivity index (χ0n) is 15.4. The topological polar surface area (TPSA) is 26.8 Å². The minimum Gasteiger partial charge on any atom is -0.369 e. The van der Waals surface area contributed by atoms with E-state index in [9.17, 15) is 4.79 Å². The van der Waals surface area contributed by atoms with Crippen LogP contribution in [0.2, 0.25) is 0 Å². The largest absolute Gasteiger partial charge is 0.369 e. The van der Waals surface area contributed by atoms with Crippen LogP contribution < -0.4 is 9.80 Å². The number of piperazine rings is 1. The van der Waals surface area contributed by atoms with Gasteiger partial charge in [-0.15, -0.1) is 0 Å². The van der Waals surface area contributed by atoms with Crippen LogP contribution in [0.5, 0.6) is 0 Å². The van der Waals surface area contributed by atoms with Crippen molar-refractivity contribution >= 4 is 17.3 Å². The molecule has 0 bridgehead atoms. The predicted octanol–water partition coefficient (Wildman–Crippen LogP) is 3.09. The third-order valence-electron chi connectivity index (χ3n) is 5.17. The Labute approximate surface area is 150 Å². The fourth-order valence-corrected chi connectivity index (χ4v) is 3.32. The van der Waals surface area contributed by atoms with Gasteiger partial charge in [-0.05, 0) is 43.2 Å². The molecule has 2 aromatic carbocycles. The molecule has 0 radical (unpaired) electrons. The van der Waals surface area contributed by atoms with E-state index in [1.165, 1.54) is 16.8 Å². The van der Waals surface area contributed by atoms with Crippen LogP contribution in [-0.4, -0.2) is 50.6 Å². The number of likely N-dealkylation sites (N-methyl/N-ethyl adjacent to an activating group) is 1. The minimum atomic E-state index is 0.145. The Balaban J connectivity index is 1.56. The third kappa shape index (κ3) is 4.02. The number of aryl methyl sites for hydroxylation is 1. The van der Waals surface area contributed by atoms with Gasteiger partial charge < -0.3 is 9.80 Å². The van der Waals surface area contributed by atoms with Crippen LogP contribution in [-0.2, 0) is 4.79 Å². The van der Waals surface area contributed by atoms with Gasteiger partial charge in [0, 0.05) is 44.6 Å². The van der Waals surface area contributed by atoms with Crippen LogP contribution in [0.4, 0.5) is 11.4 Å². The average Bonchev–Trinajstić information content (AvgIpc) is 2.65. The van der Waals surface area contributed by atoms with Gasteiger partial charge in [-0.1, -0.05) is 30.3 Å². The molecule has 0 saturated carbocycles. The summed E-state index contributed by atoms with van der Waals surface area (Å²) in [5.74, 6) is 0.145.